The number of hydrogen-bond acceptors (Lipinski definition) is 3. The van der Waals surface area contributed by atoms with Gasteiger partial charge in [-0.25, -0.2) is 8.78 Å². The molecule has 0 saturated heterocycles. The lowest BCUT2D eigenvalue weighted by molar-refractivity contribution is 0.439. The van der Waals surface area contributed by atoms with E-state index in [-0.39, 0.29) is 10.4 Å². The summed E-state index contributed by atoms with van der Waals surface area (Å²) in [5, 5.41) is 3.59. The first kappa shape index (κ1) is 10.1. The monoisotopic (exact) mass is 274 g/mol. The Morgan fingerprint density at radius 1 is 1.27 bits per heavy atom. The molecule has 0 aliphatic heterocycles. The predicted octanol–water partition coefficient (Wildman–Crippen LogP) is 2.96. The van der Waals surface area contributed by atoms with E-state index in [1.54, 1.807) is 0 Å². The Hall–Kier alpha value is -1.43. The van der Waals surface area contributed by atoms with Crippen LogP contribution in [0.25, 0.3) is 11.3 Å². The van der Waals surface area contributed by atoms with Gasteiger partial charge in [0.05, 0.1) is 4.47 Å². The highest BCUT2D eigenvalue weighted by molar-refractivity contribution is 9.10. The first-order valence-corrected chi connectivity index (χ1v) is 4.74. The van der Waals surface area contributed by atoms with Crippen molar-refractivity contribution in [3.05, 3.63) is 34.3 Å². The van der Waals surface area contributed by atoms with Gasteiger partial charge in [0.15, 0.2) is 11.6 Å². The summed E-state index contributed by atoms with van der Waals surface area (Å²) in [6, 6.07) is 3.85. The maximum Gasteiger partial charge on any atom is 0.222 e. The van der Waals surface area contributed by atoms with E-state index >= 15 is 0 Å². The summed E-state index contributed by atoms with van der Waals surface area (Å²) < 4.78 is 30.6. The number of hydrogen-bond donors (Lipinski definition) is 1. The van der Waals surface area contributed by atoms with Gasteiger partial charge < -0.3 is 10.3 Å². The summed E-state index contributed by atoms with van der Waals surface area (Å²) in [5.41, 5.74) is 6.06. The molecule has 0 amide bonds. The first-order chi connectivity index (χ1) is 7.08. The molecular formula is C9H5BrF2N2O. The smallest absolute Gasteiger partial charge is 0.222 e. The standard InChI is InChI=1S/C9H5BrF2N2O/c10-5-1-4(2-6(11)9(5)12)7-3-8(13)15-14-7/h1-3H,13H2. The van der Waals surface area contributed by atoms with Crippen LogP contribution in [0.2, 0.25) is 0 Å². The molecule has 0 spiro atoms. The minimum Gasteiger partial charge on any atom is -0.368 e. The number of nitrogen functional groups attached to an aromatic ring is 1. The van der Waals surface area contributed by atoms with E-state index in [4.69, 9.17) is 5.73 Å². The lowest BCUT2D eigenvalue weighted by Crippen LogP contribution is -1.88. The van der Waals surface area contributed by atoms with E-state index < -0.39 is 11.6 Å². The number of anilines is 1. The van der Waals surface area contributed by atoms with Gasteiger partial charge in [0.2, 0.25) is 5.88 Å². The molecule has 2 rings (SSSR count). The number of benzene rings is 1. The van der Waals surface area contributed by atoms with Crippen LogP contribution in [0.5, 0.6) is 0 Å². The Bertz CT molecular complexity index is 490. The molecule has 78 valence electrons. The first-order valence-electron chi connectivity index (χ1n) is 3.95. The van der Waals surface area contributed by atoms with Crippen molar-refractivity contribution >= 4 is 21.8 Å². The van der Waals surface area contributed by atoms with Crippen LogP contribution in [-0.4, -0.2) is 5.16 Å². The van der Waals surface area contributed by atoms with Gasteiger partial charge in [0.1, 0.15) is 5.69 Å². The maximum atomic E-state index is 13.0. The van der Waals surface area contributed by atoms with Gasteiger partial charge in [-0.1, -0.05) is 5.16 Å². The molecule has 0 bridgehead atoms. The Morgan fingerprint density at radius 2 is 2.00 bits per heavy atom. The van der Waals surface area contributed by atoms with E-state index in [1.807, 2.05) is 0 Å². The van der Waals surface area contributed by atoms with Crippen LogP contribution in [-0.2, 0) is 0 Å². The summed E-state index contributed by atoms with van der Waals surface area (Å²) in [4.78, 5) is 0. The molecule has 1 aromatic heterocycles. The van der Waals surface area contributed by atoms with Gasteiger partial charge in [-0.15, -0.1) is 0 Å². The molecule has 1 heterocycles. The lowest BCUT2D eigenvalue weighted by Gasteiger charge is -1.99. The molecule has 0 fully saturated rings. The highest BCUT2D eigenvalue weighted by Gasteiger charge is 2.12. The van der Waals surface area contributed by atoms with Gasteiger partial charge in [-0.05, 0) is 28.1 Å². The van der Waals surface area contributed by atoms with Crippen LogP contribution in [0.3, 0.4) is 0 Å². The average Bonchev–Trinajstić information content (AvgIpc) is 2.60. The molecular weight excluding hydrogens is 270 g/mol. The van der Waals surface area contributed by atoms with Gasteiger partial charge in [-0.2, -0.15) is 0 Å². The van der Waals surface area contributed by atoms with Crippen molar-refractivity contribution < 1.29 is 13.3 Å². The van der Waals surface area contributed by atoms with Crippen LogP contribution in [0.4, 0.5) is 14.7 Å². The lowest BCUT2D eigenvalue weighted by atomic mass is 10.1. The van der Waals surface area contributed by atoms with Crippen molar-refractivity contribution in [3.63, 3.8) is 0 Å². The molecule has 1 aromatic carbocycles. The molecule has 2 N–H and O–H groups in total. The summed E-state index contributed by atoms with van der Waals surface area (Å²) in [6.45, 7) is 0. The summed E-state index contributed by atoms with van der Waals surface area (Å²) in [6.07, 6.45) is 0. The summed E-state index contributed by atoms with van der Waals surface area (Å²) in [7, 11) is 0. The molecule has 15 heavy (non-hydrogen) atoms. The molecule has 0 atom stereocenters. The minimum atomic E-state index is -0.957. The molecule has 0 aliphatic rings. The van der Waals surface area contributed by atoms with E-state index in [1.165, 1.54) is 12.1 Å². The Kier molecular flexibility index (Phi) is 2.44. The summed E-state index contributed by atoms with van der Waals surface area (Å²) >= 11 is 2.90. The Labute approximate surface area is 92.0 Å². The fourth-order valence-corrected chi connectivity index (χ4v) is 1.56. The zero-order chi connectivity index (χ0) is 11.0. The number of nitrogens with zero attached hydrogens (tertiary/aromatic N) is 1. The molecule has 0 unspecified atom stereocenters. The third-order valence-electron chi connectivity index (χ3n) is 1.81. The molecule has 0 radical (unpaired) electrons. The highest BCUT2D eigenvalue weighted by Crippen LogP contribution is 2.27. The van der Waals surface area contributed by atoms with E-state index in [0.29, 0.717) is 11.3 Å². The van der Waals surface area contributed by atoms with Crippen LogP contribution in [0.1, 0.15) is 0 Å². The van der Waals surface area contributed by atoms with Crippen molar-refractivity contribution in [3.8, 4) is 11.3 Å². The van der Waals surface area contributed by atoms with Crippen molar-refractivity contribution in [1.29, 1.82) is 0 Å². The van der Waals surface area contributed by atoms with Crippen molar-refractivity contribution in [1.82, 2.24) is 5.16 Å². The topological polar surface area (TPSA) is 52.0 Å². The predicted molar refractivity (Wildman–Crippen MR) is 54.0 cm³/mol. The number of nitrogens with two attached hydrogens (primary N) is 1. The van der Waals surface area contributed by atoms with Gasteiger partial charge in [0.25, 0.3) is 0 Å². The summed E-state index contributed by atoms with van der Waals surface area (Å²) in [5.74, 6) is -1.78. The van der Waals surface area contributed by atoms with Crippen LogP contribution in [0, 0.1) is 11.6 Å². The maximum absolute atomic E-state index is 13.0. The van der Waals surface area contributed by atoms with Crippen molar-refractivity contribution in [2.45, 2.75) is 0 Å². The van der Waals surface area contributed by atoms with E-state index in [2.05, 4.69) is 25.6 Å². The van der Waals surface area contributed by atoms with Crippen molar-refractivity contribution in [2.75, 3.05) is 5.73 Å². The zero-order valence-electron chi connectivity index (χ0n) is 7.30. The third kappa shape index (κ3) is 1.85. The third-order valence-corrected chi connectivity index (χ3v) is 2.38. The average molecular weight is 275 g/mol. The van der Waals surface area contributed by atoms with Gasteiger partial charge >= 0.3 is 0 Å². The minimum absolute atomic E-state index is 0.0269. The second kappa shape index (κ2) is 3.62. The fourth-order valence-electron chi connectivity index (χ4n) is 1.13. The quantitative estimate of drug-likeness (QED) is 0.814. The fraction of sp³-hybridized carbons (Fsp3) is 0. The SMILES string of the molecule is Nc1cc(-c2cc(F)c(F)c(Br)c2)no1. The van der Waals surface area contributed by atoms with Gasteiger partial charge in [-0.3, -0.25) is 0 Å². The second-order valence-corrected chi connectivity index (χ2v) is 3.72. The van der Waals surface area contributed by atoms with Crippen LogP contribution < -0.4 is 5.73 Å². The zero-order valence-corrected chi connectivity index (χ0v) is 8.88. The normalized spacial score (nSPS) is 10.6. The molecule has 3 nitrogen and oxygen atoms in total. The van der Waals surface area contributed by atoms with Gasteiger partial charge in [0, 0.05) is 11.6 Å². The molecule has 0 saturated carbocycles. The number of aromatic nitrogens is 1. The number of halogens is 3. The molecule has 2 aromatic rings. The Morgan fingerprint density at radius 3 is 2.53 bits per heavy atom. The molecule has 6 heteroatoms. The van der Waals surface area contributed by atoms with E-state index in [9.17, 15) is 8.78 Å². The molecule has 0 aliphatic carbocycles. The second-order valence-electron chi connectivity index (χ2n) is 2.87. The van der Waals surface area contributed by atoms with E-state index in [0.717, 1.165) is 6.07 Å². The Balaban J connectivity index is 2.55. The van der Waals surface area contributed by atoms with Crippen LogP contribution >= 0.6 is 15.9 Å². The highest BCUT2D eigenvalue weighted by atomic mass is 79.9. The number of rotatable bonds is 1. The van der Waals surface area contributed by atoms with Crippen LogP contribution in [0.15, 0.2) is 27.2 Å². The van der Waals surface area contributed by atoms with Crippen molar-refractivity contribution in [2.24, 2.45) is 0 Å². The largest absolute Gasteiger partial charge is 0.368 e.